The van der Waals surface area contributed by atoms with Gasteiger partial charge in [0, 0.05) is 25.6 Å². The number of likely N-dealkylation sites (tertiary alicyclic amines) is 1. The number of likely N-dealkylation sites (N-methyl/N-ethyl adjacent to an activating group) is 1. The van der Waals surface area contributed by atoms with E-state index in [2.05, 4.69) is 0 Å². The molecule has 1 aliphatic rings. The molecule has 1 heterocycles. The number of ether oxygens (including phenoxy) is 1. The van der Waals surface area contributed by atoms with Crippen LogP contribution in [0.1, 0.15) is 12.0 Å². The van der Waals surface area contributed by atoms with Crippen LogP contribution < -0.4 is 4.74 Å². The Bertz CT molecular complexity index is 472. The van der Waals surface area contributed by atoms with E-state index in [0.717, 1.165) is 0 Å². The zero-order chi connectivity index (χ0) is 13.1. The summed E-state index contributed by atoms with van der Waals surface area (Å²) in [6.07, 6.45) is 0.0360. The molecule has 1 aromatic carbocycles. The summed E-state index contributed by atoms with van der Waals surface area (Å²) in [5, 5.41) is 8.82. The second-order valence-electron chi connectivity index (χ2n) is 4.33. The maximum atomic E-state index is 11.7. The number of carboxylic acid groups (broad SMARTS) is 1. The number of hydrogen-bond acceptors (Lipinski definition) is 3. The van der Waals surface area contributed by atoms with E-state index in [1.165, 1.54) is 0 Å². The van der Waals surface area contributed by atoms with E-state index in [4.69, 9.17) is 9.84 Å². The first-order chi connectivity index (χ1) is 8.58. The molecule has 1 fully saturated rings. The van der Waals surface area contributed by atoms with E-state index in [1.807, 2.05) is 0 Å². The largest absolute Gasteiger partial charge is 0.481 e. The van der Waals surface area contributed by atoms with Crippen LogP contribution in [0.5, 0.6) is 5.75 Å². The van der Waals surface area contributed by atoms with Crippen molar-refractivity contribution >= 4 is 11.9 Å². The van der Waals surface area contributed by atoms with Crippen LogP contribution in [-0.4, -0.2) is 41.6 Å². The Hall–Kier alpha value is -2.04. The van der Waals surface area contributed by atoms with E-state index >= 15 is 0 Å². The Kier molecular flexibility index (Phi) is 3.50. The summed E-state index contributed by atoms with van der Waals surface area (Å²) >= 11 is 0. The van der Waals surface area contributed by atoms with Crippen molar-refractivity contribution in [3.05, 3.63) is 29.8 Å². The van der Waals surface area contributed by atoms with Crippen molar-refractivity contribution in [1.29, 1.82) is 0 Å². The van der Waals surface area contributed by atoms with Crippen molar-refractivity contribution in [2.75, 3.05) is 13.6 Å². The van der Waals surface area contributed by atoms with Gasteiger partial charge in [-0.1, -0.05) is 18.2 Å². The number of hydrogen-bond donors (Lipinski definition) is 1. The van der Waals surface area contributed by atoms with Gasteiger partial charge in [-0.2, -0.15) is 0 Å². The number of carboxylic acids is 1. The molecule has 1 unspecified atom stereocenters. The zero-order valence-corrected chi connectivity index (χ0v) is 10.1. The minimum absolute atomic E-state index is 0.0554. The quantitative estimate of drug-likeness (QED) is 0.861. The van der Waals surface area contributed by atoms with Crippen molar-refractivity contribution in [1.82, 2.24) is 4.90 Å². The number of carbonyl (C=O) groups excluding carboxylic acids is 1. The van der Waals surface area contributed by atoms with Crippen LogP contribution in [0.3, 0.4) is 0 Å². The molecule has 2 rings (SSSR count). The van der Waals surface area contributed by atoms with E-state index in [0.29, 0.717) is 24.3 Å². The molecule has 1 aromatic rings. The lowest BCUT2D eigenvalue weighted by atomic mass is 10.1. The molecule has 1 atom stereocenters. The van der Waals surface area contributed by atoms with Gasteiger partial charge in [0.15, 0.2) is 6.10 Å². The fraction of sp³-hybridized carbons (Fsp3) is 0.385. The summed E-state index contributed by atoms with van der Waals surface area (Å²) in [6.45, 7) is 0.671. The molecule has 1 saturated heterocycles. The van der Waals surface area contributed by atoms with Gasteiger partial charge in [0.2, 0.25) is 0 Å². The number of para-hydroxylation sites is 1. The highest BCUT2D eigenvalue weighted by Crippen LogP contribution is 2.23. The third-order valence-corrected chi connectivity index (χ3v) is 2.96. The van der Waals surface area contributed by atoms with Crippen LogP contribution in [0.25, 0.3) is 0 Å². The first-order valence-corrected chi connectivity index (χ1v) is 5.79. The smallest absolute Gasteiger partial charge is 0.307 e. The van der Waals surface area contributed by atoms with Crippen molar-refractivity contribution in [3.8, 4) is 5.75 Å². The minimum Gasteiger partial charge on any atom is -0.481 e. The molecule has 0 aromatic heterocycles. The molecule has 0 spiro atoms. The molecule has 1 amide bonds. The summed E-state index contributed by atoms with van der Waals surface area (Å²) in [4.78, 5) is 24.1. The number of aliphatic carboxylic acids is 1. The molecule has 96 valence electrons. The molecule has 1 aliphatic heterocycles. The number of nitrogens with zero attached hydrogens (tertiary/aromatic N) is 1. The second-order valence-corrected chi connectivity index (χ2v) is 4.33. The highest BCUT2D eigenvalue weighted by molar-refractivity contribution is 5.83. The van der Waals surface area contributed by atoms with E-state index in [9.17, 15) is 9.59 Å². The topological polar surface area (TPSA) is 66.8 Å². The van der Waals surface area contributed by atoms with Crippen LogP contribution in [0.4, 0.5) is 0 Å². The maximum Gasteiger partial charge on any atom is 0.307 e. The van der Waals surface area contributed by atoms with Gasteiger partial charge < -0.3 is 14.7 Å². The third kappa shape index (κ3) is 2.61. The van der Waals surface area contributed by atoms with Gasteiger partial charge in [-0.3, -0.25) is 9.59 Å². The first kappa shape index (κ1) is 12.4. The fourth-order valence-corrected chi connectivity index (χ4v) is 1.98. The Morgan fingerprint density at radius 2 is 2.22 bits per heavy atom. The van der Waals surface area contributed by atoms with Gasteiger partial charge in [-0.15, -0.1) is 0 Å². The number of rotatable bonds is 4. The molecule has 0 bridgehead atoms. The van der Waals surface area contributed by atoms with Crippen molar-refractivity contribution in [2.45, 2.75) is 18.9 Å². The molecule has 0 aliphatic carbocycles. The SMILES string of the molecule is CN1CCC(Oc2ccccc2CC(=O)O)C1=O. The van der Waals surface area contributed by atoms with Crippen LogP contribution >= 0.6 is 0 Å². The predicted molar refractivity (Wildman–Crippen MR) is 64.5 cm³/mol. The van der Waals surface area contributed by atoms with Gasteiger partial charge >= 0.3 is 5.97 Å². The second kappa shape index (κ2) is 5.08. The molecular weight excluding hydrogens is 234 g/mol. The molecule has 5 nitrogen and oxygen atoms in total. The summed E-state index contributed by atoms with van der Waals surface area (Å²) in [6, 6.07) is 6.92. The molecular formula is C13H15NO4. The molecule has 18 heavy (non-hydrogen) atoms. The van der Waals surface area contributed by atoms with Crippen LogP contribution in [0, 0.1) is 0 Å². The number of benzene rings is 1. The number of amides is 1. The highest BCUT2D eigenvalue weighted by atomic mass is 16.5. The minimum atomic E-state index is -0.916. The molecule has 1 N–H and O–H groups in total. The molecule has 0 radical (unpaired) electrons. The normalized spacial score (nSPS) is 19.1. The summed E-state index contributed by atoms with van der Waals surface area (Å²) in [5.74, 6) is -0.491. The van der Waals surface area contributed by atoms with Gasteiger partial charge in [0.1, 0.15) is 5.75 Å². The maximum absolute atomic E-state index is 11.7. The average molecular weight is 249 g/mol. The Balaban J connectivity index is 2.14. The number of carbonyl (C=O) groups is 2. The summed E-state index contributed by atoms with van der Waals surface area (Å²) in [7, 11) is 1.73. The average Bonchev–Trinajstić information content (AvgIpc) is 2.63. The molecule has 5 heteroatoms. The lowest BCUT2D eigenvalue weighted by Gasteiger charge is -2.15. The summed E-state index contributed by atoms with van der Waals surface area (Å²) < 4.78 is 5.64. The lowest BCUT2D eigenvalue weighted by Crippen LogP contribution is -2.29. The van der Waals surface area contributed by atoms with Gasteiger partial charge in [0.25, 0.3) is 5.91 Å². The van der Waals surface area contributed by atoms with E-state index < -0.39 is 12.1 Å². The van der Waals surface area contributed by atoms with Gasteiger partial charge in [-0.05, 0) is 6.07 Å². The van der Waals surface area contributed by atoms with Crippen molar-refractivity contribution < 1.29 is 19.4 Å². The Morgan fingerprint density at radius 3 is 2.83 bits per heavy atom. The van der Waals surface area contributed by atoms with E-state index in [-0.39, 0.29) is 12.3 Å². The monoisotopic (exact) mass is 249 g/mol. The van der Waals surface area contributed by atoms with Crippen molar-refractivity contribution in [2.24, 2.45) is 0 Å². The van der Waals surface area contributed by atoms with E-state index in [1.54, 1.807) is 36.2 Å². The first-order valence-electron chi connectivity index (χ1n) is 5.79. The van der Waals surface area contributed by atoms with Crippen LogP contribution in [0.2, 0.25) is 0 Å². The molecule has 0 saturated carbocycles. The van der Waals surface area contributed by atoms with Gasteiger partial charge in [-0.25, -0.2) is 0 Å². The Labute approximate surface area is 105 Å². The van der Waals surface area contributed by atoms with Crippen molar-refractivity contribution in [3.63, 3.8) is 0 Å². The van der Waals surface area contributed by atoms with Gasteiger partial charge in [0.05, 0.1) is 6.42 Å². The third-order valence-electron chi connectivity index (χ3n) is 2.96. The standard InChI is InChI=1S/C13H15NO4/c1-14-7-6-11(13(14)17)18-10-5-3-2-4-9(10)8-12(15)16/h2-5,11H,6-8H2,1H3,(H,15,16). The Morgan fingerprint density at radius 1 is 1.50 bits per heavy atom. The summed E-state index contributed by atoms with van der Waals surface area (Å²) in [5.41, 5.74) is 0.590. The fourth-order valence-electron chi connectivity index (χ4n) is 1.98. The predicted octanol–water partition coefficient (Wildman–Crippen LogP) is 0.923. The lowest BCUT2D eigenvalue weighted by molar-refractivity contribution is -0.136. The van der Waals surface area contributed by atoms with Crippen LogP contribution in [0.15, 0.2) is 24.3 Å². The zero-order valence-electron chi connectivity index (χ0n) is 10.1. The highest BCUT2D eigenvalue weighted by Gasteiger charge is 2.31. The van der Waals surface area contributed by atoms with Crippen LogP contribution in [-0.2, 0) is 16.0 Å².